The van der Waals surface area contributed by atoms with Crippen molar-refractivity contribution in [3.63, 3.8) is 0 Å². The fraction of sp³-hybridized carbons (Fsp3) is 0.167. The van der Waals surface area contributed by atoms with Crippen LogP contribution in [-0.4, -0.2) is 27.4 Å². The molecule has 0 spiro atoms. The second kappa shape index (κ2) is 7.38. The Morgan fingerprint density at radius 3 is 2.58 bits per heavy atom. The number of nitrogens with zero attached hydrogens (tertiary/aromatic N) is 3. The topological polar surface area (TPSA) is 59.8 Å². The summed E-state index contributed by atoms with van der Waals surface area (Å²) in [6.45, 7) is 0.239. The quantitative estimate of drug-likeness (QED) is 0.760. The summed E-state index contributed by atoms with van der Waals surface area (Å²) in [7, 11) is 0. The molecule has 1 N–H and O–H groups in total. The zero-order valence-corrected chi connectivity index (χ0v) is 13.6. The Hall–Kier alpha value is -3.16. The zero-order chi connectivity index (χ0) is 18.6. The first-order valence-electron chi connectivity index (χ1n) is 7.85. The van der Waals surface area contributed by atoms with Crippen LogP contribution in [0.1, 0.15) is 21.6 Å². The van der Waals surface area contributed by atoms with E-state index < -0.39 is 17.6 Å². The van der Waals surface area contributed by atoms with Gasteiger partial charge in [0.05, 0.1) is 23.1 Å². The molecule has 0 unspecified atom stereocenters. The molecule has 0 fully saturated rings. The van der Waals surface area contributed by atoms with Gasteiger partial charge in [0.15, 0.2) is 0 Å². The number of halogens is 3. The normalized spacial score (nSPS) is 11.3. The molecular weight excluding hydrogens is 345 g/mol. The maximum Gasteiger partial charge on any atom is 0.416 e. The molecule has 26 heavy (non-hydrogen) atoms. The number of hydrogen-bond donors (Lipinski definition) is 1. The van der Waals surface area contributed by atoms with Gasteiger partial charge in [-0.2, -0.15) is 28.2 Å². The van der Waals surface area contributed by atoms with Gasteiger partial charge in [0.1, 0.15) is 0 Å². The number of aromatic nitrogens is 3. The van der Waals surface area contributed by atoms with Crippen molar-refractivity contribution in [3.05, 3.63) is 77.6 Å². The van der Waals surface area contributed by atoms with Crippen LogP contribution >= 0.6 is 0 Å². The van der Waals surface area contributed by atoms with E-state index in [0.29, 0.717) is 12.1 Å². The largest absolute Gasteiger partial charge is 0.416 e. The summed E-state index contributed by atoms with van der Waals surface area (Å²) in [5.74, 6) is -0.563. The van der Waals surface area contributed by atoms with Crippen LogP contribution in [0.3, 0.4) is 0 Å². The first kappa shape index (κ1) is 17.7. The van der Waals surface area contributed by atoms with Crippen molar-refractivity contribution in [1.82, 2.24) is 20.3 Å². The molecule has 3 aromatic rings. The number of nitrogens with one attached hydrogen (secondary N) is 1. The van der Waals surface area contributed by atoms with Crippen molar-refractivity contribution in [2.45, 2.75) is 12.6 Å². The molecule has 0 atom stereocenters. The molecule has 0 saturated carbocycles. The first-order valence-corrected chi connectivity index (χ1v) is 7.85. The molecule has 8 heteroatoms. The number of carbonyl (C=O) groups is 1. The fourth-order valence-electron chi connectivity index (χ4n) is 2.34. The Labute approximate surface area is 147 Å². The summed E-state index contributed by atoms with van der Waals surface area (Å²) < 4.78 is 38.1. The number of para-hydroxylation sites is 1. The van der Waals surface area contributed by atoms with Gasteiger partial charge in [-0.25, -0.2) is 0 Å². The lowest BCUT2D eigenvalue weighted by Gasteiger charge is -2.09. The Morgan fingerprint density at radius 2 is 1.85 bits per heavy atom. The highest BCUT2D eigenvalue weighted by Crippen LogP contribution is 2.29. The van der Waals surface area contributed by atoms with Gasteiger partial charge in [-0.3, -0.25) is 4.79 Å². The molecule has 0 aliphatic heterocycles. The molecule has 0 bridgehead atoms. The van der Waals surface area contributed by atoms with E-state index in [2.05, 4.69) is 15.5 Å². The van der Waals surface area contributed by atoms with E-state index in [0.717, 1.165) is 17.8 Å². The predicted molar refractivity (Wildman–Crippen MR) is 88.8 cm³/mol. The average molecular weight is 360 g/mol. The Balaban J connectivity index is 1.57. The molecule has 3 rings (SSSR count). The minimum absolute atomic E-state index is 0.0345. The lowest BCUT2D eigenvalue weighted by Crippen LogP contribution is -2.26. The van der Waals surface area contributed by atoms with Gasteiger partial charge >= 0.3 is 6.18 Å². The Morgan fingerprint density at radius 1 is 1.08 bits per heavy atom. The molecular formula is C18H15F3N4O. The van der Waals surface area contributed by atoms with Crippen LogP contribution in [0.15, 0.2) is 60.8 Å². The summed E-state index contributed by atoms with van der Waals surface area (Å²) in [6, 6.07) is 13.7. The van der Waals surface area contributed by atoms with Crippen LogP contribution in [-0.2, 0) is 12.6 Å². The molecule has 5 nitrogen and oxygen atoms in total. The van der Waals surface area contributed by atoms with Gasteiger partial charge in [0.25, 0.3) is 5.91 Å². The fourth-order valence-corrected chi connectivity index (χ4v) is 2.34. The van der Waals surface area contributed by atoms with Gasteiger partial charge in [-0.05, 0) is 30.3 Å². The summed E-state index contributed by atoms with van der Waals surface area (Å²) in [6.07, 6.45) is -2.48. The van der Waals surface area contributed by atoms with Gasteiger partial charge in [0.2, 0.25) is 0 Å². The number of carbonyl (C=O) groups excluding carboxylic acids is 1. The predicted octanol–water partition coefficient (Wildman–Crippen LogP) is 3.26. The van der Waals surface area contributed by atoms with Gasteiger partial charge in [0, 0.05) is 18.5 Å². The summed E-state index contributed by atoms with van der Waals surface area (Å²) >= 11 is 0. The van der Waals surface area contributed by atoms with E-state index in [4.69, 9.17) is 0 Å². The summed E-state index contributed by atoms with van der Waals surface area (Å²) in [4.78, 5) is 13.5. The molecule has 0 aliphatic carbocycles. The lowest BCUT2D eigenvalue weighted by molar-refractivity contribution is -0.137. The van der Waals surface area contributed by atoms with E-state index >= 15 is 0 Å². The lowest BCUT2D eigenvalue weighted by atomic mass is 10.1. The highest BCUT2D eigenvalue weighted by molar-refractivity contribution is 5.94. The second-order valence-corrected chi connectivity index (χ2v) is 5.55. The maximum absolute atomic E-state index is 12.7. The van der Waals surface area contributed by atoms with Crippen LogP contribution in [0.4, 0.5) is 13.2 Å². The molecule has 0 aliphatic rings. The van der Waals surface area contributed by atoms with Gasteiger partial charge in [-0.15, -0.1) is 0 Å². The van der Waals surface area contributed by atoms with Crippen LogP contribution in [0.25, 0.3) is 5.69 Å². The van der Waals surface area contributed by atoms with Crippen molar-refractivity contribution in [1.29, 1.82) is 0 Å². The molecule has 1 amide bonds. The molecule has 0 saturated heterocycles. The van der Waals surface area contributed by atoms with E-state index in [1.165, 1.54) is 16.9 Å². The monoisotopic (exact) mass is 360 g/mol. The Bertz CT molecular complexity index is 891. The summed E-state index contributed by atoms with van der Waals surface area (Å²) in [5, 5.41) is 11.0. The second-order valence-electron chi connectivity index (χ2n) is 5.55. The zero-order valence-electron chi connectivity index (χ0n) is 13.6. The third kappa shape index (κ3) is 4.27. The molecule has 2 aromatic carbocycles. The van der Waals surface area contributed by atoms with Crippen molar-refractivity contribution < 1.29 is 18.0 Å². The van der Waals surface area contributed by atoms with Crippen molar-refractivity contribution in [3.8, 4) is 5.69 Å². The minimum Gasteiger partial charge on any atom is -0.352 e. The average Bonchev–Trinajstić information content (AvgIpc) is 3.11. The minimum atomic E-state index is -4.48. The molecule has 1 aromatic heterocycles. The number of hydrogen-bond acceptors (Lipinski definition) is 3. The first-order chi connectivity index (χ1) is 12.4. The van der Waals surface area contributed by atoms with Crippen molar-refractivity contribution in [2.24, 2.45) is 0 Å². The van der Waals surface area contributed by atoms with E-state index in [9.17, 15) is 18.0 Å². The SMILES string of the molecule is O=C(NCCc1cnn(-c2ccccc2)n1)c1cccc(C(F)(F)F)c1. The number of amides is 1. The van der Waals surface area contributed by atoms with Crippen LogP contribution in [0.5, 0.6) is 0 Å². The third-order valence-electron chi connectivity index (χ3n) is 3.65. The highest BCUT2D eigenvalue weighted by Gasteiger charge is 2.30. The maximum atomic E-state index is 12.7. The van der Waals surface area contributed by atoms with E-state index in [1.54, 1.807) is 6.20 Å². The van der Waals surface area contributed by atoms with Crippen LogP contribution in [0.2, 0.25) is 0 Å². The third-order valence-corrected chi connectivity index (χ3v) is 3.65. The van der Waals surface area contributed by atoms with Gasteiger partial charge in [-0.1, -0.05) is 24.3 Å². The number of rotatable bonds is 5. The number of benzene rings is 2. The van der Waals surface area contributed by atoms with Crippen molar-refractivity contribution in [2.75, 3.05) is 6.54 Å². The van der Waals surface area contributed by atoms with Gasteiger partial charge < -0.3 is 5.32 Å². The van der Waals surface area contributed by atoms with Crippen LogP contribution in [0, 0.1) is 0 Å². The molecule has 134 valence electrons. The molecule has 1 heterocycles. The van der Waals surface area contributed by atoms with E-state index in [1.807, 2.05) is 30.3 Å². The Kier molecular flexibility index (Phi) is 5.01. The highest BCUT2D eigenvalue weighted by atomic mass is 19.4. The number of alkyl halides is 3. The molecule has 0 radical (unpaired) electrons. The van der Waals surface area contributed by atoms with Crippen molar-refractivity contribution >= 4 is 5.91 Å². The summed E-state index contributed by atoms with van der Waals surface area (Å²) in [5.41, 5.74) is 0.591. The van der Waals surface area contributed by atoms with Crippen LogP contribution < -0.4 is 5.32 Å². The van der Waals surface area contributed by atoms with E-state index in [-0.39, 0.29) is 12.1 Å². The standard InChI is InChI=1S/C18H15F3N4O/c19-18(20,21)14-6-4-5-13(11-14)17(26)22-10-9-15-12-23-25(24-15)16-7-2-1-3-8-16/h1-8,11-12H,9-10H2,(H,22,26). The smallest absolute Gasteiger partial charge is 0.352 e.